The Hall–Kier alpha value is -1.67. The van der Waals surface area contributed by atoms with Gasteiger partial charge in [0.25, 0.3) is 0 Å². The van der Waals surface area contributed by atoms with Gasteiger partial charge in [-0.05, 0) is 36.8 Å². The van der Waals surface area contributed by atoms with Crippen LogP contribution in [-0.4, -0.2) is 27.7 Å². The molecule has 5 nitrogen and oxygen atoms in total. The van der Waals surface area contributed by atoms with Crippen LogP contribution >= 0.6 is 31.9 Å². The molecule has 1 unspecified atom stereocenters. The average molecular weight is 470 g/mol. The summed E-state index contributed by atoms with van der Waals surface area (Å²) in [6, 6.07) is 7.73. The molecule has 0 saturated heterocycles. The zero-order valence-corrected chi connectivity index (χ0v) is 16.3. The number of furan rings is 1. The first-order valence-electron chi connectivity index (χ1n) is 7.38. The number of aliphatic hydroxyl groups excluding tert-OH is 2. The lowest BCUT2D eigenvalue weighted by Gasteiger charge is -2.09. The van der Waals surface area contributed by atoms with Crippen LogP contribution in [0.1, 0.15) is 33.3 Å². The predicted molar refractivity (Wildman–Crippen MR) is 99.9 cm³/mol. The van der Waals surface area contributed by atoms with Gasteiger partial charge in [0.1, 0.15) is 23.2 Å². The summed E-state index contributed by atoms with van der Waals surface area (Å²) in [5, 5.41) is 29.4. The summed E-state index contributed by atoms with van der Waals surface area (Å²) in [5.74, 6) is -0.402. The van der Waals surface area contributed by atoms with Crippen molar-refractivity contribution in [1.29, 1.82) is 0 Å². The second-order valence-electron chi connectivity index (χ2n) is 5.61. The Morgan fingerprint density at radius 1 is 1.20 bits per heavy atom. The number of fused-ring (bicyclic) bond motifs is 1. The number of rotatable bonds is 4. The van der Waals surface area contributed by atoms with E-state index < -0.39 is 12.7 Å². The van der Waals surface area contributed by atoms with Crippen LogP contribution in [0.2, 0.25) is 0 Å². The van der Waals surface area contributed by atoms with Crippen molar-refractivity contribution in [1.82, 2.24) is 0 Å². The summed E-state index contributed by atoms with van der Waals surface area (Å²) in [5.41, 5.74) is 1.77. The highest BCUT2D eigenvalue weighted by Crippen LogP contribution is 2.35. The molecule has 25 heavy (non-hydrogen) atoms. The van der Waals surface area contributed by atoms with E-state index in [-0.39, 0.29) is 28.4 Å². The van der Waals surface area contributed by atoms with Crippen LogP contribution in [0.15, 0.2) is 43.7 Å². The van der Waals surface area contributed by atoms with Gasteiger partial charge in [-0.2, -0.15) is 0 Å². The topological polar surface area (TPSA) is 90.9 Å². The summed E-state index contributed by atoms with van der Waals surface area (Å²) in [4.78, 5) is 13.1. The number of hydrogen-bond acceptors (Lipinski definition) is 5. The second-order valence-corrected chi connectivity index (χ2v) is 7.32. The number of carbonyl (C=O) groups is 1. The number of phenolic OH excluding ortho intramolecular Hbond substituents is 1. The van der Waals surface area contributed by atoms with Gasteiger partial charge in [0.05, 0.1) is 12.2 Å². The van der Waals surface area contributed by atoms with Gasteiger partial charge in [-0.3, -0.25) is 4.79 Å². The van der Waals surface area contributed by atoms with Crippen molar-refractivity contribution in [3.05, 3.63) is 61.7 Å². The molecule has 0 radical (unpaired) electrons. The number of phenols is 1. The second kappa shape index (κ2) is 6.92. The molecule has 130 valence electrons. The minimum absolute atomic E-state index is 0.0221. The largest absolute Gasteiger partial charge is 0.508 e. The van der Waals surface area contributed by atoms with E-state index in [2.05, 4.69) is 31.9 Å². The Balaban J connectivity index is 2.24. The molecule has 0 aliphatic carbocycles. The number of hydrogen-bond donors (Lipinski definition) is 3. The molecule has 0 aliphatic heterocycles. The van der Waals surface area contributed by atoms with Crippen LogP contribution < -0.4 is 0 Å². The number of carbonyl (C=O) groups excluding carboxylic acids is 1. The van der Waals surface area contributed by atoms with E-state index in [9.17, 15) is 20.1 Å². The van der Waals surface area contributed by atoms with Crippen LogP contribution in [0.5, 0.6) is 5.75 Å². The van der Waals surface area contributed by atoms with Crippen molar-refractivity contribution < 1.29 is 24.5 Å². The third kappa shape index (κ3) is 3.25. The molecule has 0 spiro atoms. The molecule has 0 fully saturated rings. The normalized spacial score (nSPS) is 12.5. The average Bonchev–Trinajstić information content (AvgIpc) is 2.96. The molecule has 1 heterocycles. The third-order valence-corrected chi connectivity index (χ3v) is 5.59. The molecule has 2 aromatic carbocycles. The molecule has 3 rings (SSSR count). The van der Waals surface area contributed by atoms with Crippen molar-refractivity contribution >= 4 is 48.6 Å². The van der Waals surface area contributed by atoms with Crippen molar-refractivity contribution in [2.24, 2.45) is 0 Å². The lowest BCUT2D eigenvalue weighted by Crippen LogP contribution is -2.09. The van der Waals surface area contributed by atoms with E-state index in [1.807, 2.05) is 6.92 Å². The fourth-order valence-corrected chi connectivity index (χ4v) is 3.76. The van der Waals surface area contributed by atoms with Crippen molar-refractivity contribution in [3.8, 4) is 5.75 Å². The molecule has 0 amide bonds. The molecule has 0 aliphatic rings. The highest BCUT2D eigenvalue weighted by Gasteiger charge is 2.27. The molecular formula is C18H14Br2O5. The van der Waals surface area contributed by atoms with E-state index in [0.717, 1.165) is 14.5 Å². The first-order valence-corrected chi connectivity index (χ1v) is 8.96. The summed E-state index contributed by atoms with van der Waals surface area (Å²) in [7, 11) is 0. The van der Waals surface area contributed by atoms with Gasteiger partial charge in [-0.1, -0.05) is 31.9 Å². The van der Waals surface area contributed by atoms with Gasteiger partial charge in [-0.15, -0.1) is 0 Å². The summed E-state index contributed by atoms with van der Waals surface area (Å²) >= 11 is 6.84. The number of ketones is 1. The number of benzene rings is 2. The fraction of sp³-hybridized carbons (Fsp3) is 0.167. The summed E-state index contributed by atoms with van der Waals surface area (Å²) in [6.07, 6.45) is -1.34. The van der Waals surface area contributed by atoms with Gasteiger partial charge in [0.2, 0.25) is 0 Å². The number of aromatic hydroxyl groups is 1. The van der Waals surface area contributed by atoms with Gasteiger partial charge in [-0.25, -0.2) is 0 Å². The quantitative estimate of drug-likeness (QED) is 0.497. The zero-order chi connectivity index (χ0) is 18.3. The number of aliphatic hydroxyl groups is 2. The standard InChI is InChI=1S/C18H14Br2O5/c1-8-12(19)4-9(5-13(8)20)17(24)16-11-3-2-10(22)6-15(11)25-18(16)14(23)7-21/h2-6,14,21-23H,7H2,1H3. The van der Waals surface area contributed by atoms with E-state index in [1.54, 1.807) is 18.2 Å². The fourth-order valence-electron chi connectivity index (χ4n) is 2.58. The van der Waals surface area contributed by atoms with Crippen LogP contribution in [-0.2, 0) is 0 Å². The Morgan fingerprint density at radius 3 is 2.44 bits per heavy atom. The number of halogens is 2. The maximum Gasteiger partial charge on any atom is 0.197 e. The first-order chi connectivity index (χ1) is 11.8. The molecular weight excluding hydrogens is 456 g/mol. The Bertz CT molecular complexity index is 954. The maximum absolute atomic E-state index is 13.1. The molecule has 3 N–H and O–H groups in total. The van der Waals surface area contributed by atoms with Crippen LogP contribution in [0.4, 0.5) is 0 Å². The van der Waals surface area contributed by atoms with Gasteiger partial charge < -0.3 is 19.7 Å². The minimum atomic E-state index is -1.34. The summed E-state index contributed by atoms with van der Waals surface area (Å²) in [6.45, 7) is 1.31. The predicted octanol–water partition coefficient (Wildman–Crippen LogP) is 4.23. The maximum atomic E-state index is 13.1. The Morgan fingerprint density at radius 2 is 1.84 bits per heavy atom. The molecule has 0 bridgehead atoms. The van der Waals surface area contributed by atoms with Crippen molar-refractivity contribution in [3.63, 3.8) is 0 Å². The molecule has 3 aromatic rings. The van der Waals surface area contributed by atoms with Crippen LogP contribution in [0.3, 0.4) is 0 Å². The lowest BCUT2D eigenvalue weighted by atomic mass is 9.98. The van der Waals surface area contributed by atoms with E-state index in [4.69, 9.17) is 4.42 Å². The van der Waals surface area contributed by atoms with Gasteiger partial charge in [0, 0.05) is 26.0 Å². The van der Waals surface area contributed by atoms with E-state index >= 15 is 0 Å². The van der Waals surface area contributed by atoms with Gasteiger partial charge >= 0.3 is 0 Å². The highest BCUT2D eigenvalue weighted by molar-refractivity contribution is 9.11. The zero-order valence-electron chi connectivity index (χ0n) is 13.1. The monoisotopic (exact) mass is 468 g/mol. The smallest absolute Gasteiger partial charge is 0.197 e. The molecule has 0 saturated carbocycles. The highest BCUT2D eigenvalue weighted by atomic mass is 79.9. The SMILES string of the molecule is Cc1c(Br)cc(C(=O)c2c(C(O)CO)oc3cc(O)ccc23)cc1Br. The molecule has 7 heteroatoms. The van der Waals surface area contributed by atoms with Gasteiger partial charge in [0.15, 0.2) is 5.78 Å². The van der Waals surface area contributed by atoms with E-state index in [1.165, 1.54) is 12.1 Å². The summed E-state index contributed by atoms with van der Waals surface area (Å²) < 4.78 is 7.07. The minimum Gasteiger partial charge on any atom is -0.508 e. The van der Waals surface area contributed by atoms with Crippen molar-refractivity contribution in [2.45, 2.75) is 13.0 Å². The van der Waals surface area contributed by atoms with Crippen LogP contribution in [0.25, 0.3) is 11.0 Å². The van der Waals surface area contributed by atoms with E-state index in [0.29, 0.717) is 10.9 Å². The van der Waals surface area contributed by atoms with Crippen molar-refractivity contribution in [2.75, 3.05) is 6.61 Å². The lowest BCUT2D eigenvalue weighted by molar-refractivity contribution is 0.0768. The molecule has 1 atom stereocenters. The Labute approximate surface area is 160 Å². The first kappa shape index (κ1) is 18.1. The van der Waals surface area contributed by atoms with Crippen LogP contribution in [0, 0.1) is 6.92 Å². The molecule has 1 aromatic heterocycles. The Kier molecular flexibility index (Phi) is 5.02. The third-order valence-electron chi connectivity index (χ3n) is 3.95.